The average molecular weight is 249 g/mol. The van der Waals surface area contributed by atoms with E-state index in [1.54, 1.807) is 0 Å². The molecule has 6 heteroatoms. The van der Waals surface area contributed by atoms with Crippen LogP contribution in [0, 0.1) is 0 Å². The first-order valence-electron chi connectivity index (χ1n) is 4.87. The second kappa shape index (κ2) is 4.52. The van der Waals surface area contributed by atoms with Gasteiger partial charge in [-0.1, -0.05) is 18.2 Å². The summed E-state index contributed by atoms with van der Waals surface area (Å²) >= 11 is 0. The van der Waals surface area contributed by atoms with Gasteiger partial charge >= 0.3 is 0 Å². The average Bonchev–Trinajstić information content (AvgIpc) is 2.30. The summed E-state index contributed by atoms with van der Waals surface area (Å²) < 4.78 is 22.7. The molecule has 2 aromatic rings. The molecule has 0 aliphatic heterocycles. The number of nitrogens with one attached hydrogen (secondary N) is 1. The molecule has 0 atom stereocenters. The lowest BCUT2D eigenvalue weighted by Crippen LogP contribution is -2.14. The van der Waals surface area contributed by atoms with Crippen molar-refractivity contribution < 1.29 is 8.42 Å². The van der Waals surface area contributed by atoms with Crippen LogP contribution in [0.5, 0.6) is 0 Å². The number of rotatable bonds is 3. The lowest BCUT2D eigenvalue weighted by atomic mass is 10.3. The summed E-state index contributed by atoms with van der Waals surface area (Å²) in [5.74, 6) is 0.223. The highest BCUT2D eigenvalue weighted by molar-refractivity contribution is 7.89. The molecule has 0 amide bonds. The lowest BCUT2D eigenvalue weighted by Gasteiger charge is -2.08. The molecule has 0 saturated heterocycles. The molecule has 0 fully saturated rings. The highest BCUT2D eigenvalue weighted by Crippen LogP contribution is 2.20. The predicted octanol–water partition coefficient (Wildman–Crippen LogP) is 1.47. The fourth-order valence-corrected chi connectivity index (χ4v) is 2.01. The standard InChI is InChI=1S/C11H11N3O2S/c12-17(15,16)10-7-4-8-13-11(10)14-9-5-2-1-3-6-9/h1-8H,(H,13,14)(H2,12,15,16). The largest absolute Gasteiger partial charge is 0.339 e. The minimum Gasteiger partial charge on any atom is -0.339 e. The number of sulfonamides is 1. The normalized spacial score (nSPS) is 11.1. The molecular formula is C11H11N3O2S. The maximum absolute atomic E-state index is 11.3. The number of nitrogens with zero attached hydrogens (tertiary/aromatic N) is 1. The fourth-order valence-electron chi connectivity index (χ4n) is 1.37. The van der Waals surface area contributed by atoms with Gasteiger partial charge in [-0.25, -0.2) is 18.5 Å². The Kier molecular flexibility index (Phi) is 3.08. The molecule has 5 nitrogen and oxygen atoms in total. The Morgan fingerprint density at radius 2 is 1.76 bits per heavy atom. The van der Waals surface area contributed by atoms with Crippen molar-refractivity contribution in [2.24, 2.45) is 5.14 Å². The van der Waals surface area contributed by atoms with Crippen LogP contribution in [0.4, 0.5) is 11.5 Å². The zero-order valence-electron chi connectivity index (χ0n) is 8.87. The van der Waals surface area contributed by atoms with Gasteiger partial charge in [-0.05, 0) is 24.3 Å². The molecule has 1 aromatic carbocycles. The second-order valence-corrected chi connectivity index (χ2v) is 4.92. The third kappa shape index (κ3) is 2.80. The third-order valence-electron chi connectivity index (χ3n) is 2.11. The Balaban J connectivity index is 2.41. The summed E-state index contributed by atoms with van der Waals surface area (Å²) in [6, 6.07) is 12.1. The summed E-state index contributed by atoms with van der Waals surface area (Å²) in [6.45, 7) is 0. The molecule has 1 heterocycles. The van der Waals surface area contributed by atoms with E-state index in [1.165, 1.54) is 18.3 Å². The van der Waals surface area contributed by atoms with Gasteiger partial charge in [0.2, 0.25) is 10.0 Å². The Hall–Kier alpha value is -1.92. The maximum atomic E-state index is 11.3. The van der Waals surface area contributed by atoms with E-state index >= 15 is 0 Å². The van der Waals surface area contributed by atoms with Crippen LogP contribution in [-0.2, 0) is 10.0 Å². The van der Waals surface area contributed by atoms with Gasteiger partial charge < -0.3 is 5.32 Å². The molecule has 0 radical (unpaired) electrons. The van der Waals surface area contributed by atoms with Crippen LogP contribution in [0.15, 0.2) is 53.6 Å². The van der Waals surface area contributed by atoms with Crippen LogP contribution in [-0.4, -0.2) is 13.4 Å². The quantitative estimate of drug-likeness (QED) is 0.862. The Morgan fingerprint density at radius 3 is 2.41 bits per heavy atom. The number of pyridine rings is 1. The fraction of sp³-hybridized carbons (Fsp3) is 0. The molecular weight excluding hydrogens is 238 g/mol. The van der Waals surface area contributed by atoms with E-state index in [0.717, 1.165) is 5.69 Å². The Bertz CT molecular complexity index is 612. The Labute approximate surface area is 99.4 Å². The Morgan fingerprint density at radius 1 is 1.06 bits per heavy atom. The first-order chi connectivity index (χ1) is 8.07. The highest BCUT2D eigenvalue weighted by Gasteiger charge is 2.14. The molecule has 88 valence electrons. The first-order valence-corrected chi connectivity index (χ1v) is 6.42. The number of aromatic nitrogens is 1. The van der Waals surface area contributed by atoms with E-state index in [9.17, 15) is 8.42 Å². The van der Waals surface area contributed by atoms with Crippen LogP contribution in [0.25, 0.3) is 0 Å². The molecule has 0 saturated carbocycles. The van der Waals surface area contributed by atoms with E-state index in [1.807, 2.05) is 30.3 Å². The van der Waals surface area contributed by atoms with Crippen molar-refractivity contribution in [3.05, 3.63) is 48.7 Å². The first kappa shape index (κ1) is 11.6. The van der Waals surface area contributed by atoms with E-state index in [0.29, 0.717) is 0 Å². The molecule has 0 aliphatic carbocycles. The van der Waals surface area contributed by atoms with Crippen LogP contribution in [0.3, 0.4) is 0 Å². The van der Waals surface area contributed by atoms with Gasteiger partial charge in [0.25, 0.3) is 0 Å². The molecule has 0 aliphatic rings. The van der Waals surface area contributed by atoms with Crippen LogP contribution >= 0.6 is 0 Å². The maximum Gasteiger partial charge on any atom is 0.241 e. The van der Waals surface area contributed by atoms with Crippen LogP contribution in [0.1, 0.15) is 0 Å². The molecule has 0 bridgehead atoms. The lowest BCUT2D eigenvalue weighted by molar-refractivity contribution is 0.598. The van der Waals surface area contributed by atoms with Gasteiger partial charge in [0.1, 0.15) is 4.90 Å². The number of para-hydroxylation sites is 1. The van der Waals surface area contributed by atoms with Crippen molar-refractivity contribution in [1.29, 1.82) is 0 Å². The van der Waals surface area contributed by atoms with Gasteiger partial charge in [-0.3, -0.25) is 0 Å². The second-order valence-electron chi connectivity index (χ2n) is 3.39. The summed E-state index contributed by atoms with van der Waals surface area (Å²) in [4.78, 5) is 3.95. The minimum atomic E-state index is -3.78. The molecule has 17 heavy (non-hydrogen) atoms. The van der Waals surface area contributed by atoms with Gasteiger partial charge in [0.15, 0.2) is 5.82 Å². The monoisotopic (exact) mass is 249 g/mol. The number of nitrogens with two attached hydrogens (primary N) is 1. The number of primary sulfonamides is 1. The summed E-state index contributed by atoms with van der Waals surface area (Å²) in [6.07, 6.45) is 1.50. The van der Waals surface area contributed by atoms with Crippen molar-refractivity contribution in [3.8, 4) is 0 Å². The topological polar surface area (TPSA) is 85.1 Å². The van der Waals surface area contributed by atoms with Gasteiger partial charge in [0.05, 0.1) is 0 Å². The number of anilines is 2. The van der Waals surface area contributed by atoms with Crippen molar-refractivity contribution in [2.75, 3.05) is 5.32 Å². The number of hydrogen-bond donors (Lipinski definition) is 2. The number of benzene rings is 1. The SMILES string of the molecule is NS(=O)(=O)c1cccnc1Nc1ccccc1. The highest BCUT2D eigenvalue weighted by atomic mass is 32.2. The van der Waals surface area contributed by atoms with Crippen molar-refractivity contribution >= 4 is 21.5 Å². The summed E-state index contributed by atoms with van der Waals surface area (Å²) in [5.41, 5.74) is 0.746. The molecule has 3 N–H and O–H groups in total. The molecule has 1 aromatic heterocycles. The number of hydrogen-bond acceptors (Lipinski definition) is 4. The molecule has 0 unspecified atom stereocenters. The van der Waals surface area contributed by atoms with Gasteiger partial charge in [-0.15, -0.1) is 0 Å². The van der Waals surface area contributed by atoms with Gasteiger partial charge in [-0.2, -0.15) is 0 Å². The van der Waals surface area contributed by atoms with E-state index < -0.39 is 10.0 Å². The van der Waals surface area contributed by atoms with E-state index in [2.05, 4.69) is 10.3 Å². The van der Waals surface area contributed by atoms with Gasteiger partial charge in [0, 0.05) is 11.9 Å². The van der Waals surface area contributed by atoms with E-state index in [-0.39, 0.29) is 10.7 Å². The van der Waals surface area contributed by atoms with Crippen molar-refractivity contribution in [2.45, 2.75) is 4.90 Å². The van der Waals surface area contributed by atoms with Crippen molar-refractivity contribution in [3.63, 3.8) is 0 Å². The zero-order valence-corrected chi connectivity index (χ0v) is 9.68. The molecule has 0 spiro atoms. The predicted molar refractivity (Wildman–Crippen MR) is 65.3 cm³/mol. The van der Waals surface area contributed by atoms with Crippen molar-refractivity contribution in [1.82, 2.24) is 4.98 Å². The summed E-state index contributed by atoms with van der Waals surface area (Å²) in [7, 11) is -3.78. The van der Waals surface area contributed by atoms with E-state index in [4.69, 9.17) is 5.14 Å². The smallest absolute Gasteiger partial charge is 0.241 e. The molecule has 2 rings (SSSR count). The zero-order chi connectivity index (χ0) is 12.3. The summed E-state index contributed by atoms with van der Waals surface area (Å²) in [5, 5.41) is 8.01. The van der Waals surface area contributed by atoms with Crippen LogP contribution < -0.4 is 10.5 Å². The van der Waals surface area contributed by atoms with Crippen LogP contribution in [0.2, 0.25) is 0 Å². The minimum absolute atomic E-state index is 0.0242. The third-order valence-corrected chi connectivity index (χ3v) is 3.06.